The highest BCUT2D eigenvalue weighted by Crippen LogP contribution is 2.32. The first kappa shape index (κ1) is 13.2. The van der Waals surface area contributed by atoms with E-state index in [1.807, 2.05) is 50.6 Å². The van der Waals surface area contributed by atoms with Crippen LogP contribution in [0.2, 0.25) is 0 Å². The maximum Gasteiger partial charge on any atom is 0.138 e. The van der Waals surface area contributed by atoms with E-state index in [0.29, 0.717) is 0 Å². The number of rotatable bonds is 4. The SMILES string of the molecule is CNc1ccc(Oc2ccncc2-c2cnn(C)c2)cc1. The van der Waals surface area contributed by atoms with Gasteiger partial charge < -0.3 is 10.1 Å². The lowest BCUT2D eigenvalue weighted by Crippen LogP contribution is -1.90. The van der Waals surface area contributed by atoms with Crippen LogP contribution in [-0.2, 0) is 7.05 Å². The molecule has 106 valence electrons. The van der Waals surface area contributed by atoms with Gasteiger partial charge in [0.15, 0.2) is 0 Å². The number of benzene rings is 1. The van der Waals surface area contributed by atoms with E-state index in [-0.39, 0.29) is 0 Å². The van der Waals surface area contributed by atoms with Crippen LogP contribution >= 0.6 is 0 Å². The summed E-state index contributed by atoms with van der Waals surface area (Å²) in [7, 11) is 3.77. The number of ether oxygens (including phenoxy) is 1. The van der Waals surface area contributed by atoms with Crippen LogP contribution in [0.1, 0.15) is 0 Å². The Morgan fingerprint density at radius 3 is 2.57 bits per heavy atom. The predicted molar refractivity (Wildman–Crippen MR) is 82.5 cm³/mol. The van der Waals surface area contributed by atoms with Gasteiger partial charge in [0.2, 0.25) is 0 Å². The maximum atomic E-state index is 5.97. The number of anilines is 1. The fraction of sp³-hybridized carbons (Fsp3) is 0.125. The van der Waals surface area contributed by atoms with Crippen molar-refractivity contribution in [3.05, 3.63) is 55.1 Å². The molecule has 1 N–H and O–H groups in total. The minimum atomic E-state index is 0.759. The summed E-state index contributed by atoms with van der Waals surface area (Å²) in [6.07, 6.45) is 7.24. The molecule has 3 aromatic rings. The van der Waals surface area contributed by atoms with Gasteiger partial charge in [-0.2, -0.15) is 5.10 Å². The molecular weight excluding hydrogens is 264 g/mol. The van der Waals surface area contributed by atoms with E-state index in [1.165, 1.54) is 0 Å². The largest absolute Gasteiger partial charge is 0.457 e. The first-order valence-electron chi connectivity index (χ1n) is 6.65. The number of aryl methyl sites for hydroxylation is 1. The highest BCUT2D eigenvalue weighted by Gasteiger charge is 2.09. The standard InChI is InChI=1S/C16H16N4O/c1-17-13-3-5-14(6-4-13)21-16-7-8-18-10-15(16)12-9-19-20(2)11-12/h3-11,17H,1-2H3. The number of hydrogen-bond acceptors (Lipinski definition) is 4. The third-order valence-electron chi connectivity index (χ3n) is 3.17. The van der Waals surface area contributed by atoms with Gasteiger partial charge in [-0.1, -0.05) is 0 Å². The number of nitrogens with one attached hydrogen (secondary N) is 1. The van der Waals surface area contributed by atoms with Crippen molar-refractivity contribution in [1.82, 2.24) is 14.8 Å². The molecule has 5 heteroatoms. The summed E-state index contributed by atoms with van der Waals surface area (Å²) in [6, 6.07) is 9.66. The van der Waals surface area contributed by atoms with E-state index < -0.39 is 0 Å². The average molecular weight is 280 g/mol. The first-order chi connectivity index (χ1) is 10.3. The summed E-state index contributed by atoms with van der Waals surface area (Å²) in [4.78, 5) is 4.17. The number of hydrogen-bond donors (Lipinski definition) is 1. The van der Waals surface area contributed by atoms with E-state index in [1.54, 1.807) is 23.3 Å². The van der Waals surface area contributed by atoms with Crippen LogP contribution in [-0.4, -0.2) is 21.8 Å². The molecule has 0 aliphatic heterocycles. The van der Waals surface area contributed by atoms with E-state index in [2.05, 4.69) is 15.4 Å². The number of pyridine rings is 1. The Labute approximate surface area is 123 Å². The highest BCUT2D eigenvalue weighted by molar-refractivity contribution is 5.68. The minimum Gasteiger partial charge on any atom is -0.457 e. The van der Waals surface area contributed by atoms with Gasteiger partial charge in [0, 0.05) is 49.5 Å². The van der Waals surface area contributed by atoms with E-state index >= 15 is 0 Å². The summed E-state index contributed by atoms with van der Waals surface area (Å²) in [5, 5.41) is 7.27. The molecule has 0 saturated carbocycles. The molecule has 0 saturated heterocycles. The Kier molecular flexibility index (Phi) is 3.55. The van der Waals surface area contributed by atoms with Crippen molar-refractivity contribution >= 4 is 5.69 Å². The van der Waals surface area contributed by atoms with Gasteiger partial charge in [0.25, 0.3) is 0 Å². The second kappa shape index (κ2) is 5.66. The highest BCUT2D eigenvalue weighted by atomic mass is 16.5. The molecule has 0 radical (unpaired) electrons. The first-order valence-corrected chi connectivity index (χ1v) is 6.65. The predicted octanol–water partition coefficient (Wildman–Crippen LogP) is 3.32. The molecule has 0 aliphatic carbocycles. The minimum absolute atomic E-state index is 0.759. The Bertz CT molecular complexity index is 734. The lowest BCUT2D eigenvalue weighted by atomic mass is 10.1. The molecule has 0 aliphatic rings. The smallest absolute Gasteiger partial charge is 0.138 e. The third-order valence-corrected chi connectivity index (χ3v) is 3.17. The Morgan fingerprint density at radius 1 is 1.10 bits per heavy atom. The van der Waals surface area contributed by atoms with Gasteiger partial charge in [-0.3, -0.25) is 9.67 Å². The number of nitrogens with zero attached hydrogens (tertiary/aromatic N) is 3. The molecule has 5 nitrogen and oxygen atoms in total. The molecule has 0 amide bonds. The molecule has 2 heterocycles. The van der Waals surface area contributed by atoms with Crippen molar-refractivity contribution in [2.75, 3.05) is 12.4 Å². The quantitative estimate of drug-likeness (QED) is 0.796. The van der Waals surface area contributed by atoms with Crippen molar-refractivity contribution < 1.29 is 4.74 Å². The Morgan fingerprint density at radius 2 is 1.90 bits per heavy atom. The topological polar surface area (TPSA) is 52.0 Å². The van der Waals surface area contributed by atoms with Crippen molar-refractivity contribution in [2.45, 2.75) is 0 Å². The van der Waals surface area contributed by atoms with Crippen LogP contribution in [0.5, 0.6) is 11.5 Å². The zero-order valence-corrected chi connectivity index (χ0v) is 11.9. The molecule has 2 aromatic heterocycles. The average Bonchev–Trinajstić information content (AvgIpc) is 2.95. The van der Waals surface area contributed by atoms with Crippen LogP contribution in [0.4, 0.5) is 5.69 Å². The van der Waals surface area contributed by atoms with Crippen LogP contribution in [0.3, 0.4) is 0 Å². The number of aromatic nitrogens is 3. The molecule has 0 unspecified atom stereocenters. The molecule has 0 atom stereocenters. The lowest BCUT2D eigenvalue weighted by molar-refractivity contribution is 0.484. The fourth-order valence-corrected chi connectivity index (χ4v) is 2.06. The van der Waals surface area contributed by atoms with Crippen molar-refractivity contribution in [3.63, 3.8) is 0 Å². The van der Waals surface area contributed by atoms with Gasteiger partial charge in [-0.25, -0.2) is 0 Å². The zero-order valence-electron chi connectivity index (χ0n) is 11.9. The molecule has 3 rings (SSSR count). The molecular formula is C16H16N4O. The fourth-order valence-electron chi connectivity index (χ4n) is 2.06. The van der Waals surface area contributed by atoms with E-state index in [9.17, 15) is 0 Å². The third kappa shape index (κ3) is 2.86. The van der Waals surface area contributed by atoms with Gasteiger partial charge >= 0.3 is 0 Å². The van der Waals surface area contributed by atoms with Gasteiger partial charge in [-0.05, 0) is 30.3 Å². The second-order valence-electron chi connectivity index (χ2n) is 4.65. The van der Waals surface area contributed by atoms with E-state index in [0.717, 1.165) is 28.3 Å². The van der Waals surface area contributed by atoms with Crippen LogP contribution in [0, 0.1) is 0 Å². The van der Waals surface area contributed by atoms with Crippen molar-refractivity contribution in [3.8, 4) is 22.6 Å². The Hall–Kier alpha value is -2.82. The van der Waals surface area contributed by atoms with Gasteiger partial charge in [-0.15, -0.1) is 0 Å². The molecule has 21 heavy (non-hydrogen) atoms. The zero-order chi connectivity index (χ0) is 14.7. The van der Waals surface area contributed by atoms with Crippen LogP contribution in [0.25, 0.3) is 11.1 Å². The Balaban J connectivity index is 1.91. The van der Waals surface area contributed by atoms with Gasteiger partial charge in [0.1, 0.15) is 11.5 Å². The second-order valence-corrected chi connectivity index (χ2v) is 4.65. The summed E-state index contributed by atoms with van der Waals surface area (Å²) in [5.74, 6) is 1.54. The van der Waals surface area contributed by atoms with Crippen LogP contribution in [0.15, 0.2) is 55.1 Å². The molecule has 1 aromatic carbocycles. The lowest BCUT2D eigenvalue weighted by Gasteiger charge is -2.10. The summed E-state index contributed by atoms with van der Waals surface area (Å²) < 4.78 is 7.73. The van der Waals surface area contributed by atoms with Crippen molar-refractivity contribution in [2.24, 2.45) is 7.05 Å². The summed E-state index contributed by atoms with van der Waals surface area (Å²) in [5.41, 5.74) is 2.94. The van der Waals surface area contributed by atoms with E-state index in [4.69, 9.17) is 4.74 Å². The maximum absolute atomic E-state index is 5.97. The molecule has 0 spiro atoms. The monoisotopic (exact) mass is 280 g/mol. The van der Waals surface area contributed by atoms with Crippen molar-refractivity contribution in [1.29, 1.82) is 0 Å². The van der Waals surface area contributed by atoms with Gasteiger partial charge in [0.05, 0.1) is 6.20 Å². The summed E-state index contributed by atoms with van der Waals surface area (Å²) in [6.45, 7) is 0. The normalized spacial score (nSPS) is 10.4. The van der Waals surface area contributed by atoms with Crippen LogP contribution < -0.4 is 10.1 Å². The summed E-state index contributed by atoms with van der Waals surface area (Å²) >= 11 is 0. The molecule has 0 fully saturated rings. The molecule has 0 bridgehead atoms.